The maximum Gasteiger partial charge on any atom is 0.257 e. The van der Waals surface area contributed by atoms with Gasteiger partial charge in [-0.25, -0.2) is 4.68 Å². The van der Waals surface area contributed by atoms with E-state index in [0.29, 0.717) is 11.5 Å². The highest BCUT2D eigenvalue weighted by Crippen LogP contribution is 2.33. The molecule has 1 amide bonds. The lowest BCUT2D eigenvalue weighted by molar-refractivity contribution is 0.102. The number of rotatable bonds is 3. The highest BCUT2D eigenvalue weighted by Gasteiger charge is 2.22. The van der Waals surface area contributed by atoms with Crippen LogP contribution in [0, 0.1) is 12.8 Å². The third-order valence-corrected chi connectivity index (χ3v) is 5.76. The van der Waals surface area contributed by atoms with Crippen LogP contribution in [0.2, 0.25) is 0 Å². The number of amides is 1. The van der Waals surface area contributed by atoms with Crippen LogP contribution in [0.3, 0.4) is 0 Å². The molecule has 0 aliphatic heterocycles. The van der Waals surface area contributed by atoms with Gasteiger partial charge in [-0.05, 0) is 77.9 Å². The fourth-order valence-electron chi connectivity index (χ4n) is 4.26. The molecule has 0 bridgehead atoms. The van der Waals surface area contributed by atoms with Crippen LogP contribution in [0.4, 0.5) is 5.69 Å². The molecule has 1 unspecified atom stereocenters. The first-order valence-corrected chi connectivity index (χ1v) is 9.88. The number of aromatic amines is 1. The summed E-state index contributed by atoms with van der Waals surface area (Å²) >= 11 is 0. The van der Waals surface area contributed by atoms with Gasteiger partial charge < -0.3 is 10.3 Å². The molecule has 7 nitrogen and oxygen atoms in total. The molecule has 0 saturated heterocycles. The minimum Gasteiger partial charge on any atom is -0.358 e. The number of aromatic nitrogens is 5. The van der Waals surface area contributed by atoms with Crippen molar-refractivity contribution in [2.75, 3.05) is 5.32 Å². The fraction of sp³-hybridized carbons (Fsp3) is 0.273. The maximum absolute atomic E-state index is 13.1. The van der Waals surface area contributed by atoms with Gasteiger partial charge in [-0.3, -0.25) is 4.79 Å². The van der Waals surface area contributed by atoms with E-state index in [1.807, 2.05) is 37.3 Å². The molecule has 1 aliphatic carbocycles. The number of hydrogen-bond donors (Lipinski definition) is 2. The van der Waals surface area contributed by atoms with E-state index in [1.165, 1.54) is 23.1 Å². The van der Waals surface area contributed by atoms with Gasteiger partial charge >= 0.3 is 0 Å². The first kappa shape index (κ1) is 17.6. The maximum atomic E-state index is 13.1. The predicted octanol–water partition coefficient (Wildman–Crippen LogP) is 3.83. The average Bonchev–Trinajstić information content (AvgIpc) is 3.35. The number of nitrogens with one attached hydrogen (secondary N) is 2. The number of para-hydroxylation sites is 1. The Balaban J connectivity index is 1.46. The van der Waals surface area contributed by atoms with Crippen molar-refractivity contribution in [2.45, 2.75) is 33.1 Å². The number of hydrogen-bond acceptors (Lipinski definition) is 4. The number of aryl methyl sites for hydroxylation is 2. The van der Waals surface area contributed by atoms with Crippen LogP contribution in [0.25, 0.3) is 16.6 Å². The van der Waals surface area contributed by atoms with E-state index in [2.05, 4.69) is 38.8 Å². The zero-order valence-corrected chi connectivity index (χ0v) is 16.4. The summed E-state index contributed by atoms with van der Waals surface area (Å²) in [4.78, 5) is 16.6. The summed E-state index contributed by atoms with van der Waals surface area (Å²) in [6, 6.07) is 11.7. The standard InChI is InChI=1S/C22H22N6O/c1-13-6-8-19-18(10-13)16-4-3-5-17(21(16)25-19)22(29)24-15-7-9-20(14(2)11-15)28-12-23-26-27-28/h3-5,7,9,11-13,25H,6,8,10H2,1-2H3,(H,24,29). The molecule has 0 spiro atoms. The molecule has 2 aromatic carbocycles. The molecule has 2 aromatic heterocycles. The van der Waals surface area contributed by atoms with Crippen molar-refractivity contribution in [1.29, 1.82) is 0 Å². The van der Waals surface area contributed by atoms with Gasteiger partial charge in [-0.2, -0.15) is 0 Å². The summed E-state index contributed by atoms with van der Waals surface area (Å²) in [5, 5.41) is 15.5. The Bertz CT molecular complexity index is 1210. The molecule has 146 valence electrons. The quantitative estimate of drug-likeness (QED) is 0.560. The third-order valence-electron chi connectivity index (χ3n) is 5.76. The Morgan fingerprint density at radius 1 is 1.28 bits per heavy atom. The van der Waals surface area contributed by atoms with Crippen LogP contribution in [0.15, 0.2) is 42.7 Å². The van der Waals surface area contributed by atoms with Crippen molar-refractivity contribution in [2.24, 2.45) is 5.92 Å². The van der Waals surface area contributed by atoms with Crippen molar-refractivity contribution >= 4 is 22.5 Å². The highest BCUT2D eigenvalue weighted by molar-refractivity contribution is 6.12. The summed E-state index contributed by atoms with van der Waals surface area (Å²) in [5.41, 5.74) is 6.85. The van der Waals surface area contributed by atoms with Crippen molar-refractivity contribution in [1.82, 2.24) is 25.2 Å². The fourth-order valence-corrected chi connectivity index (χ4v) is 4.26. The van der Waals surface area contributed by atoms with E-state index in [1.54, 1.807) is 11.0 Å². The summed E-state index contributed by atoms with van der Waals surface area (Å²) < 4.78 is 1.60. The molecular formula is C22H22N6O. The van der Waals surface area contributed by atoms with Crippen LogP contribution in [-0.4, -0.2) is 31.1 Å². The van der Waals surface area contributed by atoms with E-state index in [-0.39, 0.29) is 5.91 Å². The van der Waals surface area contributed by atoms with E-state index in [4.69, 9.17) is 0 Å². The zero-order valence-electron chi connectivity index (χ0n) is 16.4. The van der Waals surface area contributed by atoms with E-state index in [0.717, 1.165) is 35.3 Å². The molecule has 2 N–H and O–H groups in total. The lowest BCUT2D eigenvalue weighted by Gasteiger charge is -2.17. The average molecular weight is 386 g/mol. The monoisotopic (exact) mass is 386 g/mol. The lowest BCUT2D eigenvalue weighted by Crippen LogP contribution is -2.13. The second-order valence-electron chi connectivity index (χ2n) is 7.87. The minimum absolute atomic E-state index is 0.114. The van der Waals surface area contributed by atoms with Gasteiger partial charge in [-0.1, -0.05) is 19.1 Å². The second-order valence-corrected chi connectivity index (χ2v) is 7.87. The third kappa shape index (κ3) is 3.08. The number of benzene rings is 2. The molecule has 0 fully saturated rings. The zero-order chi connectivity index (χ0) is 20.0. The van der Waals surface area contributed by atoms with Crippen molar-refractivity contribution in [3.05, 3.63) is 65.1 Å². The largest absolute Gasteiger partial charge is 0.358 e. The molecule has 29 heavy (non-hydrogen) atoms. The molecule has 7 heteroatoms. The van der Waals surface area contributed by atoms with Gasteiger partial charge in [0.25, 0.3) is 5.91 Å². The summed E-state index contributed by atoms with van der Waals surface area (Å²) in [6.45, 7) is 4.26. The Hall–Kier alpha value is -3.48. The second kappa shape index (κ2) is 6.84. The normalized spacial score (nSPS) is 16.0. The predicted molar refractivity (Wildman–Crippen MR) is 111 cm³/mol. The molecule has 4 aromatic rings. The van der Waals surface area contributed by atoms with E-state index >= 15 is 0 Å². The number of nitrogens with zero attached hydrogens (tertiary/aromatic N) is 4. The van der Waals surface area contributed by atoms with Crippen LogP contribution in [-0.2, 0) is 12.8 Å². The summed E-state index contributed by atoms with van der Waals surface area (Å²) in [7, 11) is 0. The van der Waals surface area contributed by atoms with Gasteiger partial charge in [0.1, 0.15) is 6.33 Å². The topological polar surface area (TPSA) is 88.5 Å². The molecular weight excluding hydrogens is 364 g/mol. The van der Waals surface area contributed by atoms with Crippen LogP contribution >= 0.6 is 0 Å². The van der Waals surface area contributed by atoms with Gasteiger partial charge in [0.2, 0.25) is 0 Å². The molecule has 0 saturated carbocycles. The van der Waals surface area contributed by atoms with E-state index < -0.39 is 0 Å². The smallest absolute Gasteiger partial charge is 0.257 e. The van der Waals surface area contributed by atoms with Gasteiger partial charge in [0, 0.05) is 16.8 Å². The first-order chi connectivity index (χ1) is 14.1. The minimum atomic E-state index is -0.114. The van der Waals surface area contributed by atoms with Crippen LogP contribution < -0.4 is 5.32 Å². The van der Waals surface area contributed by atoms with Crippen molar-refractivity contribution in [3.8, 4) is 5.69 Å². The molecule has 2 heterocycles. The Labute approximate surface area is 168 Å². The summed E-state index contributed by atoms with van der Waals surface area (Å²) in [5.74, 6) is 0.567. The van der Waals surface area contributed by atoms with Crippen molar-refractivity contribution in [3.63, 3.8) is 0 Å². The SMILES string of the molecule is Cc1cc(NC(=O)c2cccc3c4c([nH]c23)CCC(C)C4)ccc1-n1cnnn1. The van der Waals surface area contributed by atoms with Crippen molar-refractivity contribution < 1.29 is 4.79 Å². The lowest BCUT2D eigenvalue weighted by atomic mass is 9.87. The number of tetrazole rings is 1. The Morgan fingerprint density at radius 2 is 2.17 bits per heavy atom. The molecule has 1 aliphatic rings. The number of carbonyl (C=O) groups is 1. The van der Waals surface area contributed by atoms with Crippen LogP contribution in [0.5, 0.6) is 0 Å². The Morgan fingerprint density at radius 3 is 2.97 bits per heavy atom. The first-order valence-electron chi connectivity index (χ1n) is 9.88. The molecule has 5 rings (SSSR count). The number of H-pyrrole nitrogens is 1. The number of fused-ring (bicyclic) bond motifs is 3. The van der Waals surface area contributed by atoms with E-state index in [9.17, 15) is 4.79 Å². The molecule has 0 radical (unpaired) electrons. The van der Waals surface area contributed by atoms with Gasteiger partial charge in [-0.15, -0.1) is 5.10 Å². The number of anilines is 1. The van der Waals surface area contributed by atoms with Gasteiger partial charge in [0.05, 0.1) is 16.8 Å². The van der Waals surface area contributed by atoms with Gasteiger partial charge in [0.15, 0.2) is 0 Å². The molecule has 1 atom stereocenters. The van der Waals surface area contributed by atoms with Crippen LogP contribution in [0.1, 0.15) is 40.5 Å². The summed E-state index contributed by atoms with van der Waals surface area (Å²) in [6.07, 6.45) is 4.85. The highest BCUT2D eigenvalue weighted by atomic mass is 16.1. The Kier molecular flexibility index (Phi) is 4.16. The number of carbonyl (C=O) groups excluding carboxylic acids is 1.